The summed E-state index contributed by atoms with van der Waals surface area (Å²) in [4.78, 5) is 2.41. The number of aryl methyl sites for hydroxylation is 2. The number of rotatable bonds is 4. The second-order valence-electron chi connectivity index (χ2n) is 4.67. The lowest BCUT2D eigenvalue weighted by molar-refractivity contribution is 0.584. The zero-order valence-corrected chi connectivity index (χ0v) is 14.1. The number of nitrogens with one attached hydrogen (secondary N) is 1. The molecule has 2 aromatic rings. The molecule has 0 bridgehead atoms. The molecule has 0 saturated heterocycles. The quantitative estimate of drug-likeness (QED) is 0.665. The smallest absolute Gasteiger partial charge is 0.200 e. The van der Waals surface area contributed by atoms with Crippen LogP contribution in [-0.4, -0.2) is 14.6 Å². The van der Waals surface area contributed by atoms with Crippen LogP contribution in [0.1, 0.15) is 16.7 Å². The van der Waals surface area contributed by atoms with Crippen LogP contribution in [0.2, 0.25) is 0 Å². The van der Waals surface area contributed by atoms with E-state index in [1.807, 2.05) is 32.0 Å². The van der Waals surface area contributed by atoms with Crippen LogP contribution in [0.15, 0.2) is 56.9 Å². The molecule has 0 fully saturated rings. The lowest BCUT2D eigenvalue weighted by Gasteiger charge is -2.04. The van der Waals surface area contributed by atoms with Crippen molar-refractivity contribution >= 4 is 32.2 Å². The number of halogens is 1. The highest BCUT2D eigenvalue weighted by Crippen LogP contribution is 2.14. The van der Waals surface area contributed by atoms with Crippen molar-refractivity contribution in [1.29, 1.82) is 0 Å². The molecule has 0 aliphatic carbocycles. The van der Waals surface area contributed by atoms with E-state index in [0.717, 1.165) is 21.2 Å². The normalized spacial score (nSPS) is 11.8. The largest absolute Gasteiger partial charge is 0.276 e. The summed E-state index contributed by atoms with van der Waals surface area (Å²) in [5.74, 6) is 0. The lowest BCUT2D eigenvalue weighted by Crippen LogP contribution is -2.18. The molecule has 0 atom stereocenters. The molecule has 1 N–H and O–H groups in total. The molecule has 0 aromatic heterocycles. The maximum atomic E-state index is 12.1. The van der Waals surface area contributed by atoms with E-state index in [-0.39, 0.29) is 4.90 Å². The highest BCUT2D eigenvalue weighted by molar-refractivity contribution is 9.10. The van der Waals surface area contributed by atoms with Crippen LogP contribution >= 0.6 is 15.9 Å². The van der Waals surface area contributed by atoms with Gasteiger partial charge in [-0.2, -0.15) is 13.5 Å². The Bertz CT molecular complexity index is 769. The van der Waals surface area contributed by atoms with E-state index in [9.17, 15) is 8.42 Å². The fourth-order valence-corrected chi connectivity index (χ4v) is 2.86. The van der Waals surface area contributed by atoms with Gasteiger partial charge >= 0.3 is 0 Å². The minimum absolute atomic E-state index is 0.191. The molecule has 21 heavy (non-hydrogen) atoms. The molecule has 2 aromatic carbocycles. The van der Waals surface area contributed by atoms with Crippen molar-refractivity contribution in [3.8, 4) is 0 Å². The third kappa shape index (κ3) is 4.15. The number of nitrogens with zero attached hydrogens (tertiary/aromatic N) is 1. The van der Waals surface area contributed by atoms with Gasteiger partial charge in [0.05, 0.1) is 11.1 Å². The molecule has 0 unspecified atom stereocenters. The number of hydrazone groups is 1. The summed E-state index contributed by atoms with van der Waals surface area (Å²) in [6, 6.07) is 12.3. The number of sulfonamides is 1. The van der Waals surface area contributed by atoms with Gasteiger partial charge in [0, 0.05) is 4.47 Å². The van der Waals surface area contributed by atoms with E-state index in [1.54, 1.807) is 24.3 Å². The summed E-state index contributed by atoms with van der Waals surface area (Å²) in [6.45, 7) is 3.83. The highest BCUT2D eigenvalue weighted by Gasteiger charge is 2.11. The monoisotopic (exact) mass is 366 g/mol. The van der Waals surface area contributed by atoms with E-state index >= 15 is 0 Å². The molecule has 0 aliphatic heterocycles. The van der Waals surface area contributed by atoms with Gasteiger partial charge in [-0.25, -0.2) is 4.83 Å². The minimum atomic E-state index is -3.63. The van der Waals surface area contributed by atoms with E-state index in [0.29, 0.717) is 0 Å². The van der Waals surface area contributed by atoms with E-state index < -0.39 is 10.0 Å². The molecule has 4 nitrogen and oxygen atoms in total. The Hall–Kier alpha value is -1.66. The standard InChI is InChI=1S/C15H15BrN2O2S/c1-11-3-7-15(8-4-11)21(19,20)18-17-10-13-9-14(16)6-5-12(13)2/h3-10,18H,1-2H3/b17-10-. The molecule has 0 aliphatic rings. The Balaban J connectivity index is 2.16. The minimum Gasteiger partial charge on any atom is -0.200 e. The molecule has 0 saturated carbocycles. The Morgan fingerprint density at radius 2 is 1.76 bits per heavy atom. The Morgan fingerprint density at radius 1 is 1.10 bits per heavy atom. The van der Waals surface area contributed by atoms with E-state index in [4.69, 9.17) is 0 Å². The number of hydrogen-bond donors (Lipinski definition) is 1. The van der Waals surface area contributed by atoms with Crippen molar-refractivity contribution in [2.75, 3.05) is 0 Å². The highest BCUT2D eigenvalue weighted by atomic mass is 79.9. The average Bonchev–Trinajstić information content (AvgIpc) is 2.43. The van der Waals surface area contributed by atoms with Crippen molar-refractivity contribution in [1.82, 2.24) is 4.83 Å². The topological polar surface area (TPSA) is 58.5 Å². The Kier molecular flexibility index (Phi) is 4.80. The first-order valence-electron chi connectivity index (χ1n) is 6.26. The van der Waals surface area contributed by atoms with Crippen molar-refractivity contribution < 1.29 is 8.42 Å². The summed E-state index contributed by atoms with van der Waals surface area (Å²) in [5, 5.41) is 3.83. The van der Waals surface area contributed by atoms with Crippen LogP contribution in [-0.2, 0) is 10.0 Å². The molecule has 0 amide bonds. The van der Waals surface area contributed by atoms with Gasteiger partial charge < -0.3 is 0 Å². The summed E-state index contributed by atoms with van der Waals surface area (Å²) < 4.78 is 25.0. The first-order chi connectivity index (χ1) is 9.88. The predicted molar refractivity (Wildman–Crippen MR) is 88.0 cm³/mol. The van der Waals surface area contributed by atoms with Gasteiger partial charge in [-0.05, 0) is 49.2 Å². The SMILES string of the molecule is Cc1ccc(S(=O)(=O)N/N=C\c2cc(Br)ccc2C)cc1. The Labute approximate surface area is 133 Å². The molecule has 0 radical (unpaired) electrons. The first-order valence-corrected chi connectivity index (χ1v) is 8.54. The zero-order chi connectivity index (χ0) is 15.5. The van der Waals surface area contributed by atoms with Crippen LogP contribution in [0.5, 0.6) is 0 Å². The van der Waals surface area contributed by atoms with Crippen molar-refractivity contribution in [2.24, 2.45) is 5.10 Å². The molecule has 0 heterocycles. The zero-order valence-electron chi connectivity index (χ0n) is 11.7. The van der Waals surface area contributed by atoms with Crippen LogP contribution in [0.3, 0.4) is 0 Å². The summed E-state index contributed by atoms with van der Waals surface area (Å²) in [5.41, 5.74) is 2.86. The van der Waals surface area contributed by atoms with E-state index in [1.165, 1.54) is 6.21 Å². The fraction of sp³-hybridized carbons (Fsp3) is 0.133. The summed E-state index contributed by atoms with van der Waals surface area (Å²) in [6.07, 6.45) is 1.49. The van der Waals surface area contributed by atoms with Gasteiger partial charge in [-0.1, -0.05) is 39.7 Å². The molecule has 2 rings (SSSR count). The second-order valence-corrected chi connectivity index (χ2v) is 7.24. The van der Waals surface area contributed by atoms with Crippen molar-refractivity contribution in [3.05, 3.63) is 63.6 Å². The molecular weight excluding hydrogens is 352 g/mol. The second kappa shape index (κ2) is 6.41. The van der Waals surface area contributed by atoms with Crippen LogP contribution in [0.4, 0.5) is 0 Å². The molecule has 6 heteroatoms. The van der Waals surface area contributed by atoms with Crippen LogP contribution in [0, 0.1) is 13.8 Å². The van der Waals surface area contributed by atoms with Gasteiger partial charge in [-0.15, -0.1) is 0 Å². The van der Waals surface area contributed by atoms with Gasteiger partial charge in [0.25, 0.3) is 10.0 Å². The van der Waals surface area contributed by atoms with Crippen LogP contribution < -0.4 is 4.83 Å². The number of hydrogen-bond acceptors (Lipinski definition) is 3. The molecule has 0 spiro atoms. The first kappa shape index (κ1) is 15.7. The van der Waals surface area contributed by atoms with Crippen molar-refractivity contribution in [2.45, 2.75) is 18.7 Å². The van der Waals surface area contributed by atoms with Gasteiger partial charge in [-0.3, -0.25) is 0 Å². The van der Waals surface area contributed by atoms with Gasteiger partial charge in [0.2, 0.25) is 0 Å². The van der Waals surface area contributed by atoms with Gasteiger partial charge in [0.15, 0.2) is 0 Å². The maximum Gasteiger partial charge on any atom is 0.276 e. The third-order valence-electron chi connectivity index (χ3n) is 2.95. The average molecular weight is 367 g/mol. The lowest BCUT2D eigenvalue weighted by atomic mass is 10.1. The molecular formula is C15H15BrN2O2S. The third-order valence-corrected chi connectivity index (χ3v) is 4.68. The van der Waals surface area contributed by atoms with Gasteiger partial charge in [0.1, 0.15) is 0 Å². The summed E-state index contributed by atoms with van der Waals surface area (Å²) >= 11 is 3.37. The van der Waals surface area contributed by atoms with Crippen molar-refractivity contribution in [3.63, 3.8) is 0 Å². The fourth-order valence-electron chi connectivity index (χ4n) is 1.69. The number of benzene rings is 2. The summed E-state index contributed by atoms with van der Waals surface area (Å²) in [7, 11) is -3.63. The molecule has 110 valence electrons. The predicted octanol–water partition coefficient (Wildman–Crippen LogP) is 3.38. The van der Waals surface area contributed by atoms with E-state index in [2.05, 4.69) is 25.9 Å². The van der Waals surface area contributed by atoms with Crippen LogP contribution in [0.25, 0.3) is 0 Å². The maximum absolute atomic E-state index is 12.1. The Morgan fingerprint density at radius 3 is 2.43 bits per heavy atom.